The molecule has 1 amide bonds. The third kappa shape index (κ3) is 2.61. The summed E-state index contributed by atoms with van der Waals surface area (Å²) >= 11 is 0. The SMILES string of the molecule is CNC(C)C(=O)NC(C)c1c(C)noc1C. The predicted octanol–water partition coefficient (Wildman–Crippen LogP) is 1.08. The highest BCUT2D eigenvalue weighted by molar-refractivity contribution is 5.81. The number of hydrogen-bond donors (Lipinski definition) is 2. The number of carbonyl (C=O) groups excluding carboxylic acids is 1. The Kier molecular flexibility index (Phi) is 4.06. The molecular formula is C11H19N3O2. The Balaban J connectivity index is 2.73. The van der Waals surface area contributed by atoms with Gasteiger partial charge in [-0.2, -0.15) is 0 Å². The highest BCUT2D eigenvalue weighted by Gasteiger charge is 2.20. The van der Waals surface area contributed by atoms with E-state index in [0.717, 1.165) is 17.0 Å². The number of carbonyl (C=O) groups is 1. The molecule has 0 bridgehead atoms. The molecule has 0 spiro atoms. The quantitative estimate of drug-likeness (QED) is 0.804. The van der Waals surface area contributed by atoms with Crippen LogP contribution < -0.4 is 10.6 Å². The first-order valence-corrected chi connectivity index (χ1v) is 5.37. The molecule has 0 saturated carbocycles. The number of aromatic nitrogens is 1. The van der Waals surface area contributed by atoms with Crippen LogP contribution in [-0.4, -0.2) is 24.2 Å². The summed E-state index contributed by atoms with van der Waals surface area (Å²) in [5.41, 5.74) is 1.78. The van der Waals surface area contributed by atoms with Gasteiger partial charge >= 0.3 is 0 Å². The summed E-state index contributed by atoms with van der Waals surface area (Å²) in [6.07, 6.45) is 0. The van der Waals surface area contributed by atoms with E-state index in [2.05, 4.69) is 15.8 Å². The van der Waals surface area contributed by atoms with Crippen LogP contribution in [0.1, 0.15) is 36.9 Å². The molecule has 1 aromatic rings. The van der Waals surface area contributed by atoms with Crippen LogP contribution in [0.25, 0.3) is 0 Å². The van der Waals surface area contributed by atoms with Gasteiger partial charge in [-0.1, -0.05) is 5.16 Å². The normalized spacial score (nSPS) is 14.6. The molecule has 5 heteroatoms. The molecule has 16 heavy (non-hydrogen) atoms. The van der Waals surface area contributed by atoms with Gasteiger partial charge in [-0.3, -0.25) is 4.79 Å². The maximum atomic E-state index is 11.7. The Hall–Kier alpha value is -1.36. The van der Waals surface area contributed by atoms with E-state index in [1.807, 2.05) is 27.7 Å². The summed E-state index contributed by atoms with van der Waals surface area (Å²) in [6, 6.07) is -0.294. The largest absolute Gasteiger partial charge is 0.361 e. The number of likely N-dealkylation sites (N-methyl/N-ethyl adjacent to an activating group) is 1. The molecule has 1 aromatic heterocycles. The summed E-state index contributed by atoms with van der Waals surface area (Å²) in [7, 11) is 1.75. The molecule has 0 aliphatic carbocycles. The Labute approximate surface area is 95.6 Å². The van der Waals surface area contributed by atoms with Crippen molar-refractivity contribution in [1.82, 2.24) is 15.8 Å². The molecule has 0 aromatic carbocycles. The summed E-state index contributed by atoms with van der Waals surface area (Å²) in [6.45, 7) is 7.46. The molecule has 0 aliphatic rings. The highest BCUT2D eigenvalue weighted by Crippen LogP contribution is 2.20. The molecule has 5 nitrogen and oxygen atoms in total. The second-order valence-electron chi connectivity index (χ2n) is 3.98. The number of aryl methyl sites for hydroxylation is 2. The Bertz CT molecular complexity index is 354. The van der Waals surface area contributed by atoms with Crippen LogP contribution in [0.2, 0.25) is 0 Å². The molecule has 0 saturated heterocycles. The summed E-state index contributed by atoms with van der Waals surface area (Å²) in [5, 5.41) is 9.67. The topological polar surface area (TPSA) is 67.2 Å². The lowest BCUT2D eigenvalue weighted by Crippen LogP contribution is -2.41. The molecule has 2 N–H and O–H groups in total. The number of nitrogens with one attached hydrogen (secondary N) is 2. The molecule has 0 fully saturated rings. The van der Waals surface area contributed by atoms with Gasteiger partial charge in [-0.15, -0.1) is 0 Å². The van der Waals surface area contributed by atoms with Crippen LogP contribution in [0.3, 0.4) is 0 Å². The fraction of sp³-hybridized carbons (Fsp3) is 0.636. The first-order valence-electron chi connectivity index (χ1n) is 5.37. The minimum Gasteiger partial charge on any atom is -0.361 e. The summed E-state index contributed by atoms with van der Waals surface area (Å²) in [5.74, 6) is 0.720. The lowest BCUT2D eigenvalue weighted by Gasteiger charge is -2.17. The second kappa shape index (κ2) is 5.12. The van der Waals surface area contributed by atoms with Crippen molar-refractivity contribution in [3.8, 4) is 0 Å². The number of rotatable bonds is 4. The van der Waals surface area contributed by atoms with E-state index in [4.69, 9.17) is 4.52 Å². The van der Waals surface area contributed by atoms with Crippen molar-refractivity contribution in [3.05, 3.63) is 17.0 Å². The van der Waals surface area contributed by atoms with E-state index in [-0.39, 0.29) is 18.0 Å². The standard InChI is InChI=1S/C11H19N3O2/c1-6(13-11(15)8(3)12-5)10-7(2)14-16-9(10)4/h6,8,12H,1-5H3,(H,13,15). The third-order valence-electron chi connectivity index (χ3n) is 2.71. The van der Waals surface area contributed by atoms with Crippen LogP contribution in [0.4, 0.5) is 0 Å². The van der Waals surface area contributed by atoms with Gasteiger partial charge in [0, 0.05) is 5.56 Å². The fourth-order valence-electron chi connectivity index (χ4n) is 1.65. The number of amides is 1. The van der Waals surface area contributed by atoms with E-state index >= 15 is 0 Å². The van der Waals surface area contributed by atoms with Gasteiger partial charge in [0.05, 0.1) is 17.8 Å². The van der Waals surface area contributed by atoms with Crippen molar-refractivity contribution < 1.29 is 9.32 Å². The third-order valence-corrected chi connectivity index (χ3v) is 2.71. The average molecular weight is 225 g/mol. The maximum Gasteiger partial charge on any atom is 0.237 e. The van der Waals surface area contributed by atoms with Crippen molar-refractivity contribution in [3.63, 3.8) is 0 Å². The molecule has 2 unspecified atom stereocenters. The minimum absolute atomic E-state index is 0.0324. The van der Waals surface area contributed by atoms with Crippen molar-refractivity contribution in [2.24, 2.45) is 0 Å². The zero-order chi connectivity index (χ0) is 12.3. The van der Waals surface area contributed by atoms with Crippen LogP contribution in [-0.2, 0) is 4.79 Å². The van der Waals surface area contributed by atoms with Gasteiger partial charge in [0.1, 0.15) is 5.76 Å². The van der Waals surface area contributed by atoms with E-state index in [1.165, 1.54) is 0 Å². The maximum absolute atomic E-state index is 11.7. The molecule has 0 aliphatic heterocycles. The average Bonchev–Trinajstić information content (AvgIpc) is 2.57. The minimum atomic E-state index is -0.206. The molecule has 0 radical (unpaired) electrons. The summed E-state index contributed by atoms with van der Waals surface area (Å²) in [4.78, 5) is 11.7. The van der Waals surface area contributed by atoms with E-state index in [1.54, 1.807) is 7.05 Å². The fourth-order valence-corrected chi connectivity index (χ4v) is 1.65. The first kappa shape index (κ1) is 12.7. The Morgan fingerprint density at radius 2 is 2.00 bits per heavy atom. The van der Waals surface area contributed by atoms with Crippen LogP contribution in [0, 0.1) is 13.8 Å². The Morgan fingerprint density at radius 3 is 2.44 bits per heavy atom. The van der Waals surface area contributed by atoms with Crippen molar-refractivity contribution in [1.29, 1.82) is 0 Å². The lowest BCUT2D eigenvalue weighted by atomic mass is 10.1. The number of nitrogens with zero attached hydrogens (tertiary/aromatic N) is 1. The molecule has 90 valence electrons. The smallest absolute Gasteiger partial charge is 0.237 e. The van der Waals surface area contributed by atoms with Gasteiger partial charge < -0.3 is 15.2 Å². The molecule has 1 heterocycles. The van der Waals surface area contributed by atoms with Crippen molar-refractivity contribution in [2.75, 3.05) is 7.05 Å². The summed E-state index contributed by atoms with van der Waals surface area (Å²) < 4.78 is 5.07. The van der Waals surface area contributed by atoms with Crippen molar-refractivity contribution in [2.45, 2.75) is 39.8 Å². The van der Waals surface area contributed by atoms with Crippen LogP contribution in [0.15, 0.2) is 4.52 Å². The van der Waals surface area contributed by atoms with E-state index in [0.29, 0.717) is 0 Å². The predicted molar refractivity (Wildman–Crippen MR) is 61.1 cm³/mol. The Morgan fingerprint density at radius 1 is 1.38 bits per heavy atom. The lowest BCUT2D eigenvalue weighted by molar-refractivity contribution is -0.123. The molecule has 2 atom stereocenters. The van der Waals surface area contributed by atoms with Crippen LogP contribution >= 0.6 is 0 Å². The van der Waals surface area contributed by atoms with Crippen molar-refractivity contribution >= 4 is 5.91 Å². The van der Waals surface area contributed by atoms with E-state index < -0.39 is 0 Å². The van der Waals surface area contributed by atoms with Crippen LogP contribution in [0.5, 0.6) is 0 Å². The van der Waals surface area contributed by atoms with Gasteiger partial charge in [0.2, 0.25) is 5.91 Å². The first-order chi connectivity index (χ1) is 7.47. The van der Waals surface area contributed by atoms with Gasteiger partial charge in [0.25, 0.3) is 0 Å². The van der Waals surface area contributed by atoms with Gasteiger partial charge in [0.15, 0.2) is 0 Å². The van der Waals surface area contributed by atoms with E-state index in [9.17, 15) is 4.79 Å². The highest BCUT2D eigenvalue weighted by atomic mass is 16.5. The zero-order valence-electron chi connectivity index (χ0n) is 10.4. The van der Waals surface area contributed by atoms with Gasteiger partial charge in [-0.05, 0) is 34.7 Å². The second-order valence-corrected chi connectivity index (χ2v) is 3.98. The molecule has 1 rings (SSSR count). The zero-order valence-corrected chi connectivity index (χ0v) is 10.4. The number of hydrogen-bond acceptors (Lipinski definition) is 4. The van der Waals surface area contributed by atoms with Gasteiger partial charge in [-0.25, -0.2) is 0 Å². The molecular weight excluding hydrogens is 206 g/mol. The monoisotopic (exact) mass is 225 g/mol.